The molecule has 0 unspecified atom stereocenters. The van der Waals surface area contributed by atoms with Gasteiger partial charge in [-0.25, -0.2) is 4.39 Å². The molecule has 1 atom stereocenters. The van der Waals surface area contributed by atoms with Crippen LogP contribution in [0.4, 0.5) is 10.1 Å². The maximum Gasteiger partial charge on any atom is 0.218 e. The van der Waals surface area contributed by atoms with Gasteiger partial charge in [0.05, 0.1) is 11.6 Å². The fourth-order valence-electron chi connectivity index (χ4n) is 2.43. The fraction of sp³-hybridized carbons (Fsp3) is 0.357. The summed E-state index contributed by atoms with van der Waals surface area (Å²) in [5.41, 5.74) is 0.678. The van der Waals surface area contributed by atoms with Crippen molar-refractivity contribution < 1.29 is 14.2 Å². The van der Waals surface area contributed by atoms with Crippen molar-refractivity contribution >= 4 is 49.9 Å². The van der Waals surface area contributed by atoms with Gasteiger partial charge in [-0.05, 0) is 53.1 Å². The molecule has 0 saturated carbocycles. The van der Waals surface area contributed by atoms with Crippen LogP contribution in [0.15, 0.2) is 26.8 Å². The minimum atomic E-state index is -0.445. The number of rotatable bonds is 3. The zero-order valence-electron chi connectivity index (χ0n) is 12.0. The molecule has 0 spiro atoms. The van der Waals surface area contributed by atoms with Crippen LogP contribution in [0, 0.1) is 5.82 Å². The van der Waals surface area contributed by atoms with E-state index >= 15 is 0 Å². The molecule has 2 aromatic rings. The molecule has 6 nitrogen and oxygen atoms in total. The molecular weight excluding hydrogens is 387 g/mol. The van der Waals surface area contributed by atoms with Gasteiger partial charge in [0.15, 0.2) is 5.69 Å². The third-order valence-corrected chi connectivity index (χ3v) is 4.38. The van der Waals surface area contributed by atoms with Crippen molar-refractivity contribution in [3.63, 3.8) is 0 Å². The predicted molar refractivity (Wildman–Crippen MR) is 91.7 cm³/mol. The Balaban J connectivity index is 1.75. The molecule has 122 valence electrons. The van der Waals surface area contributed by atoms with E-state index < -0.39 is 5.82 Å². The highest BCUT2D eigenvalue weighted by atomic mass is 79.9. The first kappa shape index (κ1) is 16.3. The average Bonchev–Trinajstić information content (AvgIpc) is 3.11. The van der Waals surface area contributed by atoms with Crippen molar-refractivity contribution in [2.75, 3.05) is 13.2 Å². The van der Waals surface area contributed by atoms with Gasteiger partial charge >= 0.3 is 0 Å². The molecule has 0 bridgehead atoms. The number of aromatic nitrogens is 1. The van der Waals surface area contributed by atoms with Crippen LogP contribution in [-0.2, 0) is 4.74 Å². The minimum Gasteiger partial charge on any atom is -0.493 e. The number of aromatic hydroxyl groups is 1. The van der Waals surface area contributed by atoms with E-state index in [0.717, 1.165) is 19.4 Å². The summed E-state index contributed by atoms with van der Waals surface area (Å²) in [5, 5.41) is 21.3. The molecule has 0 aliphatic carbocycles. The van der Waals surface area contributed by atoms with Gasteiger partial charge in [0.2, 0.25) is 11.0 Å². The maximum absolute atomic E-state index is 13.5. The number of hydrogen-bond acceptors (Lipinski definition) is 4. The van der Waals surface area contributed by atoms with Crippen molar-refractivity contribution in [2.45, 2.75) is 18.9 Å². The number of hydrogen-bond donors (Lipinski definition) is 3. The maximum atomic E-state index is 13.5. The van der Waals surface area contributed by atoms with Crippen LogP contribution < -0.4 is 5.32 Å². The topological polar surface area (TPSA) is 82.0 Å². The van der Waals surface area contributed by atoms with Crippen molar-refractivity contribution in [2.24, 2.45) is 10.2 Å². The van der Waals surface area contributed by atoms with E-state index in [-0.39, 0.29) is 22.8 Å². The van der Waals surface area contributed by atoms with Crippen LogP contribution in [0.25, 0.3) is 10.9 Å². The van der Waals surface area contributed by atoms with Gasteiger partial charge in [-0.3, -0.25) is 0 Å². The summed E-state index contributed by atoms with van der Waals surface area (Å²) in [7, 11) is 0. The van der Waals surface area contributed by atoms with E-state index in [1.807, 2.05) is 0 Å². The summed E-state index contributed by atoms with van der Waals surface area (Å²) in [6, 6.07) is 2.57. The van der Waals surface area contributed by atoms with Crippen molar-refractivity contribution in [3.05, 3.63) is 22.4 Å². The van der Waals surface area contributed by atoms with E-state index in [9.17, 15) is 9.50 Å². The summed E-state index contributed by atoms with van der Waals surface area (Å²) < 4.78 is 19.5. The van der Waals surface area contributed by atoms with Crippen LogP contribution in [0.1, 0.15) is 12.8 Å². The van der Waals surface area contributed by atoms with Crippen LogP contribution in [0.2, 0.25) is 0 Å². The number of benzene rings is 1. The molecule has 1 aromatic heterocycles. The molecule has 1 saturated heterocycles. The van der Waals surface area contributed by atoms with E-state index in [2.05, 4.69) is 36.5 Å². The molecule has 3 rings (SSSR count). The summed E-state index contributed by atoms with van der Waals surface area (Å²) in [6.07, 6.45) is 2.17. The highest BCUT2D eigenvalue weighted by molar-refractivity contribution is 9.10. The summed E-state index contributed by atoms with van der Waals surface area (Å²) in [6.45, 7) is 1.34. The third kappa shape index (κ3) is 3.67. The van der Waals surface area contributed by atoms with Crippen molar-refractivity contribution in [1.82, 2.24) is 10.3 Å². The standard InChI is InChI=1S/C14H14BrFN4O2S/c15-10-5-7(16)4-9-11(10)18-13(21)12(9)19-20-14(23)17-6-8-2-1-3-22-8/h4-5,8,18,21H,1-3,6H2,(H,17,23)/t8-/m0/s1. The first-order valence-corrected chi connectivity index (χ1v) is 8.25. The second-order valence-electron chi connectivity index (χ2n) is 5.15. The lowest BCUT2D eigenvalue weighted by Crippen LogP contribution is -2.29. The van der Waals surface area contributed by atoms with Crippen LogP contribution in [-0.4, -0.2) is 34.5 Å². The number of azo groups is 1. The van der Waals surface area contributed by atoms with E-state index in [4.69, 9.17) is 17.0 Å². The molecule has 23 heavy (non-hydrogen) atoms. The van der Waals surface area contributed by atoms with Gasteiger partial charge in [-0.1, -0.05) is 0 Å². The number of aromatic amines is 1. The van der Waals surface area contributed by atoms with Crippen LogP contribution >= 0.6 is 28.1 Å². The van der Waals surface area contributed by atoms with Gasteiger partial charge in [0.25, 0.3) is 0 Å². The third-order valence-electron chi connectivity index (χ3n) is 3.52. The molecule has 1 fully saturated rings. The van der Waals surface area contributed by atoms with Gasteiger partial charge in [-0.2, -0.15) is 0 Å². The number of fused-ring (bicyclic) bond motifs is 1. The van der Waals surface area contributed by atoms with Crippen molar-refractivity contribution in [3.8, 4) is 5.88 Å². The van der Waals surface area contributed by atoms with Gasteiger partial charge in [-0.15, -0.1) is 10.2 Å². The molecular formula is C14H14BrFN4O2S. The Morgan fingerprint density at radius 1 is 1.57 bits per heavy atom. The number of nitrogens with one attached hydrogen (secondary N) is 2. The zero-order chi connectivity index (χ0) is 16.4. The molecule has 9 heteroatoms. The number of H-pyrrole nitrogens is 1. The lowest BCUT2D eigenvalue weighted by Gasteiger charge is -2.09. The number of halogens is 2. The number of thiocarbonyl (C=S) groups is 1. The van der Waals surface area contributed by atoms with Gasteiger partial charge in [0, 0.05) is 23.0 Å². The summed E-state index contributed by atoms with van der Waals surface area (Å²) in [5.74, 6) is -0.643. The molecule has 0 amide bonds. The van der Waals surface area contributed by atoms with Crippen LogP contribution in [0.3, 0.4) is 0 Å². The zero-order valence-corrected chi connectivity index (χ0v) is 14.4. The van der Waals surface area contributed by atoms with Gasteiger partial charge < -0.3 is 20.1 Å². The molecule has 3 N–H and O–H groups in total. The Bertz CT molecular complexity index is 774. The molecule has 2 heterocycles. The Morgan fingerprint density at radius 2 is 2.39 bits per heavy atom. The lowest BCUT2D eigenvalue weighted by atomic mass is 10.2. The smallest absolute Gasteiger partial charge is 0.218 e. The van der Waals surface area contributed by atoms with Gasteiger partial charge in [0.1, 0.15) is 5.82 Å². The molecule has 0 radical (unpaired) electrons. The highest BCUT2D eigenvalue weighted by Gasteiger charge is 2.16. The Kier molecular flexibility index (Phi) is 4.88. The van der Waals surface area contributed by atoms with E-state index in [1.165, 1.54) is 12.1 Å². The Hall–Kier alpha value is -1.58. The summed E-state index contributed by atoms with van der Waals surface area (Å²) in [4.78, 5) is 2.73. The summed E-state index contributed by atoms with van der Waals surface area (Å²) >= 11 is 8.31. The largest absolute Gasteiger partial charge is 0.493 e. The Morgan fingerprint density at radius 3 is 3.13 bits per heavy atom. The molecule has 1 aliphatic rings. The normalized spacial score (nSPS) is 18.1. The van der Waals surface area contributed by atoms with E-state index in [1.54, 1.807) is 0 Å². The molecule has 1 aliphatic heterocycles. The fourth-order valence-corrected chi connectivity index (χ4v) is 3.09. The second kappa shape index (κ2) is 6.90. The molecule has 1 aromatic carbocycles. The monoisotopic (exact) mass is 400 g/mol. The average molecular weight is 401 g/mol. The lowest BCUT2D eigenvalue weighted by molar-refractivity contribution is 0.114. The quantitative estimate of drug-likeness (QED) is 0.538. The van der Waals surface area contributed by atoms with Crippen LogP contribution in [0.5, 0.6) is 5.88 Å². The Labute approximate surface area is 145 Å². The number of nitrogens with zero attached hydrogens (tertiary/aromatic N) is 2. The minimum absolute atomic E-state index is 0.134. The highest BCUT2D eigenvalue weighted by Crippen LogP contribution is 2.39. The first-order chi connectivity index (χ1) is 11.0. The number of ether oxygens (including phenoxy) is 1. The second-order valence-corrected chi connectivity index (χ2v) is 6.39. The SMILES string of the molecule is Oc1[nH]c2c(Br)cc(F)cc2c1N=NC(=S)NC[C@@H]1CCCO1. The van der Waals surface area contributed by atoms with E-state index in [0.29, 0.717) is 21.9 Å². The first-order valence-electron chi connectivity index (χ1n) is 7.05. The predicted octanol–water partition coefficient (Wildman–Crippen LogP) is 3.91. The van der Waals surface area contributed by atoms with Crippen molar-refractivity contribution in [1.29, 1.82) is 0 Å².